The lowest BCUT2D eigenvalue weighted by atomic mass is 10.1. The maximum Gasteiger partial charge on any atom is 0.277 e. The third kappa shape index (κ3) is 4.33. The van der Waals surface area contributed by atoms with Crippen LogP contribution in [-0.4, -0.2) is 18.7 Å². The number of halogens is 1. The number of carbonyl (C=O) groups excluding carboxylic acids is 1. The van der Waals surface area contributed by atoms with Crippen molar-refractivity contribution in [1.82, 2.24) is 5.43 Å². The molecule has 0 fully saturated rings. The standard InChI is InChI=1S/C19H15ClN2O2/c20-17-7-9-18(10-8-17)24-13-19(23)22-21-12-14-5-6-15-3-1-2-4-16(15)11-14/h1-12H,13H2,(H,22,23). The second-order valence-electron chi connectivity index (χ2n) is 5.14. The van der Waals surface area contributed by atoms with Gasteiger partial charge in [-0.1, -0.05) is 48.0 Å². The Kier molecular flexibility index (Phi) is 5.08. The lowest BCUT2D eigenvalue weighted by Gasteiger charge is -2.04. The van der Waals surface area contributed by atoms with E-state index in [1.807, 2.05) is 42.5 Å². The number of nitrogens with one attached hydrogen (secondary N) is 1. The second kappa shape index (κ2) is 7.62. The minimum absolute atomic E-state index is 0.114. The normalized spacial score (nSPS) is 10.9. The maximum absolute atomic E-state index is 11.7. The summed E-state index contributed by atoms with van der Waals surface area (Å²) in [5.74, 6) is 0.245. The van der Waals surface area contributed by atoms with Gasteiger partial charge in [0.25, 0.3) is 5.91 Å². The minimum Gasteiger partial charge on any atom is -0.484 e. The zero-order valence-electron chi connectivity index (χ0n) is 12.8. The van der Waals surface area contributed by atoms with Crippen molar-refractivity contribution in [3.63, 3.8) is 0 Å². The van der Waals surface area contributed by atoms with Gasteiger partial charge in [-0.25, -0.2) is 5.43 Å². The summed E-state index contributed by atoms with van der Waals surface area (Å²) < 4.78 is 5.34. The zero-order chi connectivity index (χ0) is 16.8. The highest BCUT2D eigenvalue weighted by Gasteiger charge is 2.01. The van der Waals surface area contributed by atoms with Crippen molar-refractivity contribution in [2.24, 2.45) is 5.10 Å². The van der Waals surface area contributed by atoms with Gasteiger partial charge in [-0.15, -0.1) is 0 Å². The molecule has 0 bridgehead atoms. The first-order valence-corrected chi connectivity index (χ1v) is 7.77. The lowest BCUT2D eigenvalue weighted by molar-refractivity contribution is -0.123. The molecule has 3 aromatic rings. The predicted octanol–water partition coefficient (Wildman–Crippen LogP) is 4.02. The van der Waals surface area contributed by atoms with E-state index in [0.717, 1.165) is 16.3 Å². The van der Waals surface area contributed by atoms with Crippen molar-refractivity contribution in [2.45, 2.75) is 0 Å². The Hall–Kier alpha value is -2.85. The van der Waals surface area contributed by atoms with Crippen LogP contribution in [-0.2, 0) is 4.79 Å². The third-order valence-electron chi connectivity index (χ3n) is 3.36. The van der Waals surface area contributed by atoms with Gasteiger partial charge in [0.1, 0.15) is 5.75 Å². The molecule has 0 aliphatic carbocycles. The van der Waals surface area contributed by atoms with Gasteiger partial charge in [0.05, 0.1) is 6.21 Å². The molecule has 5 heteroatoms. The van der Waals surface area contributed by atoms with E-state index in [2.05, 4.69) is 10.5 Å². The van der Waals surface area contributed by atoms with Crippen LogP contribution in [0.25, 0.3) is 10.8 Å². The molecule has 0 heterocycles. The van der Waals surface area contributed by atoms with E-state index >= 15 is 0 Å². The largest absolute Gasteiger partial charge is 0.484 e. The van der Waals surface area contributed by atoms with Gasteiger partial charge in [0.15, 0.2) is 6.61 Å². The number of carbonyl (C=O) groups is 1. The smallest absolute Gasteiger partial charge is 0.277 e. The molecule has 0 unspecified atom stereocenters. The summed E-state index contributed by atoms with van der Waals surface area (Å²) in [6, 6.07) is 20.8. The number of nitrogens with zero attached hydrogens (tertiary/aromatic N) is 1. The monoisotopic (exact) mass is 338 g/mol. The molecule has 4 nitrogen and oxygen atoms in total. The number of amides is 1. The Bertz CT molecular complexity index is 876. The molecular formula is C19H15ClN2O2. The van der Waals surface area contributed by atoms with Crippen LogP contribution in [0.5, 0.6) is 5.75 Å². The molecule has 1 N–H and O–H groups in total. The first kappa shape index (κ1) is 16.0. The van der Waals surface area contributed by atoms with Crippen LogP contribution in [0, 0.1) is 0 Å². The van der Waals surface area contributed by atoms with Crippen LogP contribution in [0.1, 0.15) is 5.56 Å². The van der Waals surface area contributed by atoms with E-state index in [1.54, 1.807) is 30.5 Å². The third-order valence-corrected chi connectivity index (χ3v) is 3.61. The highest BCUT2D eigenvalue weighted by atomic mass is 35.5. The van der Waals surface area contributed by atoms with Crippen LogP contribution >= 0.6 is 11.6 Å². The fourth-order valence-corrected chi connectivity index (χ4v) is 2.30. The average Bonchev–Trinajstić information content (AvgIpc) is 2.61. The minimum atomic E-state index is -0.331. The van der Waals surface area contributed by atoms with Crippen LogP contribution < -0.4 is 10.2 Å². The van der Waals surface area contributed by atoms with Gasteiger partial charge in [-0.3, -0.25) is 4.79 Å². The van der Waals surface area contributed by atoms with Crippen molar-refractivity contribution in [3.05, 3.63) is 77.3 Å². The topological polar surface area (TPSA) is 50.7 Å². The molecule has 0 radical (unpaired) electrons. The molecule has 0 saturated carbocycles. The van der Waals surface area contributed by atoms with Crippen molar-refractivity contribution in [3.8, 4) is 5.75 Å². The molecular weight excluding hydrogens is 324 g/mol. The van der Waals surface area contributed by atoms with Gasteiger partial charge < -0.3 is 4.74 Å². The number of hydrogen-bond acceptors (Lipinski definition) is 3. The molecule has 0 aliphatic rings. The Morgan fingerprint density at radius 2 is 1.79 bits per heavy atom. The summed E-state index contributed by atoms with van der Waals surface area (Å²) in [6.07, 6.45) is 1.60. The molecule has 0 aromatic heterocycles. The van der Waals surface area contributed by atoms with Crippen molar-refractivity contribution < 1.29 is 9.53 Å². The Balaban J connectivity index is 1.52. The highest BCUT2D eigenvalue weighted by Crippen LogP contribution is 2.15. The molecule has 3 rings (SSSR count). The fourth-order valence-electron chi connectivity index (χ4n) is 2.18. The van der Waals surface area contributed by atoms with E-state index in [0.29, 0.717) is 10.8 Å². The highest BCUT2D eigenvalue weighted by molar-refractivity contribution is 6.30. The van der Waals surface area contributed by atoms with Crippen LogP contribution in [0.4, 0.5) is 0 Å². The number of ether oxygens (including phenoxy) is 1. The number of benzene rings is 3. The van der Waals surface area contributed by atoms with Crippen LogP contribution in [0.3, 0.4) is 0 Å². The summed E-state index contributed by atoms with van der Waals surface area (Å²) in [7, 11) is 0. The van der Waals surface area contributed by atoms with Gasteiger partial charge in [-0.05, 0) is 46.7 Å². The quantitative estimate of drug-likeness (QED) is 0.564. The van der Waals surface area contributed by atoms with E-state index in [1.165, 1.54) is 0 Å². The SMILES string of the molecule is O=C(COc1ccc(Cl)cc1)NN=Cc1ccc2ccccc2c1. The van der Waals surface area contributed by atoms with Gasteiger partial charge >= 0.3 is 0 Å². The number of fused-ring (bicyclic) bond motifs is 1. The lowest BCUT2D eigenvalue weighted by Crippen LogP contribution is -2.24. The first-order valence-electron chi connectivity index (χ1n) is 7.40. The first-order chi connectivity index (χ1) is 11.7. The van der Waals surface area contributed by atoms with Crippen LogP contribution in [0.2, 0.25) is 5.02 Å². The van der Waals surface area contributed by atoms with E-state index in [-0.39, 0.29) is 12.5 Å². The Morgan fingerprint density at radius 3 is 2.58 bits per heavy atom. The molecule has 0 atom stereocenters. The zero-order valence-corrected chi connectivity index (χ0v) is 13.5. The average molecular weight is 339 g/mol. The summed E-state index contributed by atoms with van der Waals surface area (Å²) in [5.41, 5.74) is 3.35. The van der Waals surface area contributed by atoms with Gasteiger partial charge in [0, 0.05) is 5.02 Å². The second-order valence-corrected chi connectivity index (χ2v) is 5.58. The van der Waals surface area contributed by atoms with Crippen molar-refractivity contribution in [2.75, 3.05) is 6.61 Å². The van der Waals surface area contributed by atoms with E-state index in [4.69, 9.17) is 16.3 Å². The molecule has 0 aliphatic heterocycles. The summed E-state index contributed by atoms with van der Waals surface area (Å²) in [4.78, 5) is 11.7. The maximum atomic E-state index is 11.7. The van der Waals surface area contributed by atoms with Crippen molar-refractivity contribution in [1.29, 1.82) is 0 Å². The van der Waals surface area contributed by atoms with E-state index < -0.39 is 0 Å². The summed E-state index contributed by atoms with van der Waals surface area (Å²) in [5, 5.41) is 6.85. The summed E-state index contributed by atoms with van der Waals surface area (Å²) >= 11 is 5.78. The molecule has 0 spiro atoms. The number of hydrogen-bond donors (Lipinski definition) is 1. The molecule has 1 amide bonds. The van der Waals surface area contributed by atoms with E-state index in [9.17, 15) is 4.79 Å². The predicted molar refractivity (Wildman–Crippen MR) is 96.6 cm³/mol. The van der Waals surface area contributed by atoms with Crippen LogP contribution in [0.15, 0.2) is 71.8 Å². The number of rotatable bonds is 5. The van der Waals surface area contributed by atoms with Crippen molar-refractivity contribution >= 4 is 34.5 Å². The van der Waals surface area contributed by atoms with Gasteiger partial charge in [-0.2, -0.15) is 5.10 Å². The molecule has 3 aromatic carbocycles. The number of hydrazone groups is 1. The molecule has 24 heavy (non-hydrogen) atoms. The Labute approximate surface area is 144 Å². The molecule has 0 saturated heterocycles. The van der Waals surface area contributed by atoms with Gasteiger partial charge in [0.2, 0.25) is 0 Å². The Morgan fingerprint density at radius 1 is 1.04 bits per heavy atom. The summed E-state index contributed by atoms with van der Waals surface area (Å²) in [6.45, 7) is -0.114. The molecule has 120 valence electrons. The fraction of sp³-hybridized carbons (Fsp3) is 0.0526.